The van der Waals surface area contributed by atoms with Gasteiger partial charge < -0.3 is 20.1 Å². The molecule has 128 valence electrons. The smallest absolute Gasteiger partial charge is 0.262 e. The zero-order chi connectivity index (χ0) is 17.2. The summed E-state index contributed by atoms with van der Waals surface area (Å²) >= 11 is 0. The van der Waals surface area contributed by atoms with E-state index in [-0.39, 0.29) is 12.5 Å². The van der Waals surface area contributed by atoms with Crippen molar-refractivity contribution in [1.29, 1.82) is 0 Å². The van der Waals surface area contributed by atoms with Crippen molar-refractivity contribution in [3.05, 3.63) is 42.6 Å². The van der Waals surface area contributed by atoms with Gasteiger partial charge in [-0.1, -0.05) is 25.5 Å². The van der Waals surface area contributed by atoms with Gasteiger partial charge in [-0.05, 0) is 30.7 Å². The van der Waals surface area contributed by atoms with E-state index in [9.17, 15) is 4.79 Å². The number of pyridine rings is 1. The molecule has 6 nitrogen and oxygen atoms in total. The predicted molar refractivity (Wildman–Crippen MR) is 94.8 cm³/mol. The second-order valence-corrected chi connectivity index (χ2v) is 5.20. The summed E-state index contributed by atoms with van der Waals surface area (Å²) in [6.07, 6.45) is 3.85. The van der Waals surface area contributed by atoms with Crippen molar-refractivity contribution < 1.29 is 14.3 Å². The Hall–Kier alpha value is -2.76. The van der Waals surface area contributed by atoms with Gasteiger partial charge in [-0.25, -0.2) is 4.98 Å². The molecule has 6 heteroatoms. The SMILES string of the molecule is CCCCNc1ccc(NC(=O)COc2ccccc2OC)cn1. The second-order valence-electron chi connectivity index (χ2n) is 5.20. The van der Waals surface area contributed by atoms with Gasteiger partial charge in [0.15, 0.2) is 18.1 Å². The van der Waals surface area contributed by atoms with Gasteiger partial charge in [0.1, 0.15) is 5.82 Å². The Bertz CT molecular complexity index is 644. The molecule has 0 saturated carbocycles. The van der Waals surface area contributed by atoms with E-state index >= 15 is 0 Å². The van der Waals surface area contributed by atoms with Crippen LogP contribution in [0, 0.1) is 0 Å². The maximum absolute atomic E-state index is 12.0. The van der Waals surface area contributed by atoms with Gasteiger partial charge in [-0.15, -0.1) is 0 Å². The molecule has 0 fully saturated rings. The third kappa shape index (κ3) is 5.46. The molecule has 0 saturated heterocycles. The predicted octanol–water partition coefficient (Wildman–Crippen LogP) is 3.32. The number of hydrogen-bond acceptors (Lipinski definition) is 5. The Labute approximate surface area is 142 Å². The molecule has 0 spiro atoms. The Morgan fingerprint density at radius 3 is 2.62 bits per heavy atom. The Balaban J connectivity index is 1.81. The molecule has 2 N–H and O–H groups in total. The van der Waals surface area contributed by atoms with E-state index in [0.717, 1.165) is 25.2 Å². The molecule has 0 bridgehead atoms. The number of amides is 1. The van der Waals surface area contributed by atoms with Crippen molar-refractivity contribution >= 4 is 17.4 Å². The number of methoxy groups -OCH3 is 1. The van der Waals surface area contributed by atoms with Gasteiger partial charge in [0.2, 0.25) is 0 Å². The van der Waals surface area contributed by atoms with Gasteiger partial charge in [-0.2, -0.15) is 0 Å². The minimum atomic E-state index is -0.255. The maximum atomic E-state index is 12.0. The Morgan fingerprint density at radius 2 is 1.96 bits per heavy atom. The van der Waals surface area contributed by atoms with E-state index in [4.69, 9.17) is 9.47 Å². The molecule has 0 aliphatic carbocycles. The van der Waals surface area contributed by atoms with Gasteiger partial charge >= 0.3 is 0 Å². The fraction of sp³-hybridized carbons (Fsp3) is 0.333. The number of rotatable bonds is 9. The van der Waals surface area contributed by atoms with Crippen LogP contribution < -0.4 is 20.1 Å². The van der Waals surface area contributed by atoms with Crippen LogP contribution in [0.1, 0.15) is 19.8 Å². The molecule has 1 aromatic heterocycles. The van der Waals surface area contributed by atoms with Crippen LogP contribution in [-0.2, 0) is 4.79 Å². The van der Waals surface area contributed by atoms with Crippen LogP contribution in [0.15, 0.2) is 42.6 Å². The first-order valence-electron chi connectivity index (χ1n) is 7.98. The Kier molecular flexibility index (Phi) is 6.89. The highest BCUT2D eigenvalue weighted by molar-refractivity contribution is 5.91. The molecule has 24 heavy (non-hydrogen) atoms. The van der Waals surface area contributed by atoms with E-state index < -0.39 is 0 Å². The summed E-state index contributed by atoms with van der Waals surface area (Å²) in [5, 5.41) is 5.97. The Morgan fingerprint density at radius 1 is 1.17 bits per heavy atom. The number of hydrogen-bond donors (Lipinski definition) is 2. The summed E-state index contributed by atoms with van der Waals surface area (Å²) < 4.78 is 10.7. The van der Waals surface area contributed by atoms with Crippen molar-refractivity contribution in [2.75, 3.05) is 30.9 Å². The van der Waals surface area contributed by atoms with Crippen LogP contribution in [0.25, 0.3) is 0 Å². The summed E-state index contributed by atoms with van der Waals surface area (Å²) in [6.45, 7) is 2.93. The second kappa shape index (κ2) is 9.39. The van der Waals surface area contributed by atoms with E-state index in [0.29, 0.717) is 17.2 Å². The molecule has 0 radical (unpaired) electrons. The number of carbonyl (C=O) groups excluding carboxylic acids is 1. The first kappa shape index (κ1) is 17.6. The van der Waals surface area contributed by atoms with Crippen molar-refractivity contribution in [2.45, 2.75) is 19.8 Å². The van der Waals surface area contributed by atoms with Crippen molar-refractivity contribution in [3.8, 4) is 11.5 Å². The van der Waals surface area contributed by atoms with Crippen LogP contribution in [0.3, 0.4) is 0 Å². The summed E-state index contributed by atoms with van der Waals surface area (Å²) in [5.74, 6) is 1.67. The summed E-state index contributed by atoms with van der Waals surface area (Å²) in [6, 6.07) is 10.8. The number of carbonyl (C=O) groups is 1. The molecule has 2 aromatic rings. The lowest BCUT2D eigenvalue weighted by molar-refractivity contribution is -0.118. The number of anilines is 2. The number of para-hydroxylation sites is 2. The third-order valence-corrected chi connectivity index (χ3v) is 3.31. The topological polar surface area (TPSA) is 72.5 Å². The van der Waals surface area contributed by atoms with Crippen molar-refractivity contribution in [3.63, 3.8) is 0 Å². The van der Waals surface area contributed by atoms with Crippen LogP contribution >= 0.6 is 0 Å². The van der Waals surface area contributed by atoms with E-state index in [1.54, 1.807) is 25.4 Å². The van der Waals surface area contributed by atoms with Gasteiger partial charge in [0.05, 0.1) is 19.0 Å². The van der Waals surface area contributed by atoms with Crippen LogP contribution in [0.4, 0.5) is 11.5 Å². The van der Waals surface area contributed by atoms with Gasteiger partial charge in [0.25, 0.3) is 5.91 Å². The molecule has 0 aliphatic rings. The molecule has 0 aliphatic heterocycles. The highest BCUT2D eigenvalue weighted by Gasteiger charge is 2.07. The zero-order valence-corrected chi connectivity index (χ0v) is 14.0. The molecule has 0 unspecified atom stereocenters. The number of aromatic nitrogens is 1. The van der Waals surface area contributed by atoms with Gasteiger partial charge in [-0.3, -0.25) is 4.79 Å². The maximum Gasteiger partial charge on any atom is 0.262 e. The minimum Gasteiger partial charge on any atom is -0.493 e. The zero-order valence-electron chi connectivity index (χ0n) is 14.0. The average molecular weight is 329 g/mol. The lowest BCUT2D eigenvalue weighted by Gasteiger charge is -2.11. The lowest BCUT2D eigenvalue weighted by Crippen LogP contribution is -2.20. The van der Waals surface area contributed by atoms with Gasteiger partial charge in [0, 0.05) is 6.54 Å². The molecule has 2 rings (SSSR count). The number of benzene rings is 1. The number of nitrogens with one attached hydrogen (secondary N) is 2. The quantitative estimate of drug-likeness (QED) is 0.691. The molecule has 1 amide bonds. The van der Waals surface area contributed by atoms with Crippen LogP contribution in [-0.4, -0.2) is 31.2 Å². The van der Waals surface area contributed by atoms with E-state index in [1.807, 2.05) is 24.3 Å². The van der Waals surface area contributed by atoms with Crippen molar-refractivity contribution in [1.82, 2.24) is 4.98 Å². The van der Waals surface area contributed by atoms with Crippen LogP contribution in [0.2, 0.25) is 0 Å². The standard InChI is InChI=1S/C18H23N3O3/c1-3-4-11-19-17-10-9-14(12-20-17)21-18(22)13-24-16-8-6-5-7-15(16)23-2/h5-10,12H,3-4,11,13H2,1-2H3,(H,19,20)(H,21,22). The highest BCUT2D eigenvalue weighted by Crippen LogP contribution is 2.25. The largest absolute Gasteiger partial charge is 0.493 e. The lowest BCUT2D eigenvalue weighted by atomic mass is 10.3. The normalized spacial score (nSPS) is 10.1. The molecule has 0 atom stereocenters. The van der Waals surface area contributed by atoms with E-state index in [1.165, 1.54) is 0 Å². The third-order valence-electron chi connectivity index (χ3n) is 3.31. The molecule has 1 aromatic carbocycles. The average Bonchev–Trinajstić information content (AvgIpc) is 2.62. The molecule has 1 heterocycles. The van der Waals surface area contributed by atoms with Crippen molar-refractivity contribution in [2.24, 2.45) is 0 Å². The summed E-state index contributed by atoms with van der Waals surface area (Å²) in [5.41, 5.74) is 0.629. The van der Waals surface area contributed by atoms with Crippen LogP contribution in [0.5, 0.6) is 11.5 Å². The minimum absolute atomic E-state index is 0.100. The highest BCUT2D eigenvalue weighted by atomic mass is 16.5. The monoisotopic (exact) mass is 329 g/mol. The first-order valence-corrected chi connectivity index (χ1v) is 7.98. The van der Waals surface area contributed by atoms with E-state index in [2.05, 4.69) is 22.5 Å². The fourth-order valence-corrected chi connectivity index (χ4v) is 2.04. The number of ether oxygens (including phenoxy) is 2. The fourth-order valence-electron chi connectivity index (χ4n) is 2.04. The number of nitrogens with zero attached hydrogens (tertiary/aromatic N) is 1. The first-order chi connectivity index (χ1) is 11.7. The molecular weight excluding hydrogens is 306 g/mol. The summed E-state index contributed by atoms with van der Waals surface area (Å²) in [4.78, 5) is 16.2. The number of unbranched alkanes of at least 4 members (excludes halogenated alkanes) is 1. The molecular formula is C18H23N3O3. The summed E-state index contributed by atoms with van der Waals surface area (Å²) in [7, 11) is 1.56.